The maximum atomic E-state index is 10.3. The monoisotopic (exact) mass is 352 g/mol. The molecule has 0 aliphatic carbocycles. The molecule has 1 aliphatic heterocycles. The molecule has 0 aromatic heterocycles. The number of carbonyl (C=O) groups is 1. The topological polar surface area (TPSA) is 61.7 Å². The lowest BCUT2D eigenvalue weighted by Crippen LogP contribution is -2.04. The van der Waals surface area contributed by atoms with Gasteiger partial charge in [-0.2, -0.15) is 0 Å². The van der Waals surface area contributed by atoms with E-state index in [1.165, 1.54) is 70.6 Å². The number of carboxylic acid groups (broad SMARTS) is 1. The van der Waals surface area contributed by atoms with Crippen LogP contribution in [0.5, 0.6) is 0 Å². The minimum Gasteiger partial charge on any atom is -0.481 e. The molecule has 0 bridgehead atoms. The van der Waals surface area contributed by atoms with Crippen molar-refractivity contribution in [3.8, 4) is 0 Å². The van der Waals surface area contributed by atoms with Crippen molar-refractivity contribution >= 4 is 12.3 Å². The molecule has 1 aliphatic rings. The van der Waals surface area contributed by atoms with E-state index in [0.717, 1.165) is 25.9 Å². The molecule has 0 saturated carbocycles. The third-order valence-electron chi connectivity index (χ3n) is 4.22. The van der Waals surface area contributed by atoms with E-state index in [1.54, 1.807) is 6.34 Å². The van der Waals surface area contributed by atoms with E-state index in [9.17, 15) is 4.79 Å². The largest absolute Gasteiger partial charge is 0.481 e. The smallest absolute Gasteiger partial charge is 0.303 e. The Bertz CT molecular complexity index is 335. The lowest BCUT2D eigenvalue weighted by atomic mass is 10.1. The second-order valence-electron chi connectivity index (χ2n) is 6.72. The fourth-order valence-corrected chi connectivity index (χ4v) is 2.67. The molecule has 25 heavy (non-hydrogen) atoms. The van der Waals surface area contributed by atoms with E-state index in [0.29, 0.717) is 6.42 Å². The number of hydrogen-bond donors (Lipinski definition) is 2. The molecule has 4 heteroatoms. The molecule has 0 saturated heterocycles. The van der Waals surface area contributed by atoms with Gasteiger partial charge in [-0.05, 0) is 32.1 Å². The molecule has 0 aromatic carbocycles. The van der Waals surface area contributed by atoms with Gasteiger partial charge in [0.2, 0.25) is 0 Å². The summed E-state index contributed by atoms with van der Waals surface area (Å²) in [4.78, 5) is 14.2. The summed E-state index contributed by atoms with van der Waals surface area (Å²) in [6.45, 7) is 4.24. The quantitative estimate of drug-likeness (QED) is 0.292. The Morgan fingerprint density at radius 2 is 1.52 bits per heavy atom. The summed E-state index contributed by atoms with van der Waals surface area (Å²) in [5.41, 5.74) is 0. The van der Waals surface area contributed by atoms with Crippen molar-refractivity contribution in [3.05, 3.63) is 12.2 Å². The molecule has 0 unspecified atom stereocenters. The van der Waals surface area contributed by atoms with Gasteiger partial charge in [0.1, 0.15) is 0 Å². The fourth-order valence-electron chi connectivity index (χ4n) is 2.67. The van der Waals surface area contributed by atoms with Crippen molar-refractivity contribution in [1.82, 2.24) is 5.32 Å². The Morgan fingerprint density at radius 1 is 0.960 bits per heavy atom. The standard InChI is InChI=1S/C18H34O2.C3H6N2/c1-2-3-4-5-6-7-8-9-10-11-12-13-14-15-16-17-18(19)20;1-2-5-3-4-1/h9-10H,2-8,11-17H2,1H3,(H,19,20);3H,1-2H2,(H,4,5)/b10-9-;. The van der Waals surface area contributed by atoms with E-state index >= 15 is 0 Å². The maximum absolute atomic E-state index is 10.3. The molecule has 146 valence electrons. The van der Waals surface area contributed by atoms with Gasteiger partial charge >= 0.3 is 5.97 Å². The molecule has 0 aromatic rings. The van der Waals surface area contributed by atoms with Crippen LogP contribution in [-0.4, -0.2) is 30.5 Å². The highest BCUT2D eigenvalue weighted by Gasteiger charge is 1.95. The van der Waals surface area contributed by atoms with E-state index < -0.39 is 5.97 Å². The number of aliphatic imine (C=N–C) groups is 1. The first-order chi connectivity index (χ1) is 12.3. The lowest BCUT2D eigenvalue weighted by molar-refractivity contribution is -0.137. The number of hydrogen-bond acceptors (Lipinski definition) is 3. The Morgan fingerprint density at radius 3 is 1.96 bits per heavy atom. The molecule has 1 rings (SSSR count). The summed E-state index contributed by atoms with van der Waals surface area (Å²) in [6.07, 6.45) is 23.0. The van der Waals surface area contributed by atoms with Crippen LogP contribution in [0.2, 0.25) is 0 Å². The summed E-state index contributed by atoms with van der Waals surface area (Å²) < 4.78 is 0. The van der Waals surface area contributed by atoms with Crippen LogP contribution in [0, 0.1) is 0 Å². The van der Waals surface area contributed by atoms with Crippen molar-refractivity contribution in [1.29, 1.82) is 0 Å². The van der Waals surface area contributed by atoms with Gasteiger partial charge in [-0.1, -0.05) is 70.4 Å². The lowest BCUT2D eigenvalue weighted by Gasteiger charge is -1.99. The van der Waals surface area contributed by atoms with E-state index in [4.69, 9.17) is 5.11 Å². The number of nitrogens with one attached hydrogen (secondary N) is 1. The number of rotatable bonds is 15. The SMILES string of the molecule is C1=NCCN1.CCCCCCCC/C=C\CCCCCCCC(=O)O. The predicted octanol–water partition coefficient (Wildman–Crippen LogP) is 5.73. The first-order valence-corrected chi connectivity index (χ1v) is 10.4. The molecule has 0 fully saturated rings. The summed E-state index contributed by atoms with van der Waals surface area (Å²) in [5, 5.41) is 11.4. The van der Waals surface area contributed by atoms with Crippen LogP contribution in [0.1, 0.15) is 96.8 Å². The van der Waals surface area contributed by atoms with Gasteiger partial charge in [-0.15, -0.1) is 0 Å². The average Bonchev–Trinajstić information content (AvgIpc) is 3.18. The second kappa shape index (κ2) is 20.7. The highest BCUT2D eigenvalue weighted by atomic mass is 16.4. The predicted molar refractivity (Wildman–Crippen MR) is 108 cm³/mol. The zero-order valence-electron chi connectivity index (χ0n) is 16.3. The van der Waals surface area contributed by atoms with Crippen LogP contribution in [0.25, 0.3) is 0 Å². The van der Waals surface area contributed by atoms with E-state index in [2.05, 4.69) is 29.4 Å². The second-order valence-corrected chi connectivity index (χ2v) is 6.72. The number of carboxylic acids is 1. The summed E-state index contributed by atoms with van der Waals surface area (Å²) in [7, 11) is 0. The third kappa shape index (κ3) is 22.7. The summed E-state index contributed by atoms with van der Waals surface area (Å²) >= 11 is 0. The van der Waals surface area contributed by atoms with Crippen LogP contribution >= 0.6 is 0 Å². The minimum absolute atomic E-state index is 0.332. The summed E-state index contributed by atoms with van der Waals surface area (Å²) in [5.74, 6) is -0.664. The minimum atomic E-state index is -0.664. The van der Waals surface area contributed by atoms with Gasteiger partial charge in [0, 0.05) is 13.0 Å². The van der Waals surface area contributed by atoms with Crippen LogP contribution in [0.3, 0.4) is 0 Å². The number of unbranched alkanes of at least 4 members (excludes halogenated alkanes) is 11. The van der Waals surface area contributed by atoms with Crippen molar-refractivity contribution in [3.63, 3.8) is 0 Å². The first kappa shape index (κ1) is 23.7. The van der Waals surface area contributed by atoms with Gasteiger partial charge in [0.15, 0.2) is 0 Å². The Balaban J connectivity index is 0.000000972. The maximum Gasteiger partial charge on any atom is 0.303 e. The van der Waals surface area contributed by atoms with Crippen molar-refractivity contribution < 1.29 is 9.90 Å². The molecule has 0 spiro atoms. The zero-order valence-corrected chi connectivity index (χ0v) is 16.3. The highest BCUT2D eigenvalue weighted by molar-refractivity contribution is 5.66. The van der Waals surface area contributed by atoms with Crippen molar-refractivity contribution in [2.75, 3.05) is 13.1 Å². The van der Waals surface area contributed by atoms with E-state index in [-0.39, 0.29) is 0 Å². The fraction of sp³-hybridized carbons (Fsp3) is 0.810. The average molecular weight is 353 g/mol. The molecule has 2 N–H and O–H groups in total. The Labute approximate surface area is 155 Å². The molecule has 4 nitrogen and oxygen atoms in total. The van der Waals surface area contributed by atoms with Gasteiger partial charge < -0.3 is 10.4 Å². The molecule has 0 radical (unpaired) electrons. The third-order valence-corrected chi connectivity index (χ3v) is 4.22. The van der Waals surface area contributed by atoms with Crippen molar-refractivity contribution in [2.24, 2.45) is 4.99 Å². The molecular weight excluding hydrogens is 312 g/mol. The van der Waals surface area contributed by atoms with Gasteiger partial charge in [-0.25, -0.2) is 0 Å². The van der Waals surface area contributed by atoms with Crippen LogP contribution in [0.4, 0.5) is 0 Å². The number of aliphatic carboxylic acids is 1. The van der Waals surface area contributed by atoms with Crippen LogP contribution < -0.4 is 5.32 Å². The van der Waals surface area contributed by atoms with Gasteiger partial charge in [0.05, 0.1) is 12.9 Å². The molecular formula is C21H40N2O2. The molecule has 1 heterocycles. The van der Waals surface area contributed by atoms with Crippen molar-refractivity contribution in [2.45, 2.75) is 96.8 Å². The van der Waals surface area contributed by atoms with Crippen LogP contribution in [0.15, 0.2) is 17.1 Å². The van der Waals surface area contributed by atoms with Crippen LogP contribution in [-0.2, 0) is 4.79 Å². The van der Waals surface area contributed by atoms with Gasteiger partial charge in [-0.3, -0.25) is 9.79 Å². The first-order valence-electron chi connectivity index (χ1n) is 10.4. The Hall–Kier alpha value is -1.32. The van der Waals surface area contributed by atoms with E-state index in [1.807, 2.05) is 0 Å². The highest BCUT2D eigenvalue weighted by Crippen LogP contribution is 2.09. The summed E-state index contributed by atoms with van der Waals surface area (Å²) in [6, 6.07) is 0. The van der Waals surface area contributed by atoms with Gasteiger partial charge in [0.25, 0.3) is 0 Å². The number of allylic oxidation sites excluding steroid dienone is 2. The Kier molecular flexibility index (Phi) is 19.6. The normalized spacial score (nSPS) is 12.8. The molecule has 0 atom stereocenters. The zero-order chi connectivity index (χ0) is 18.4. The molecule has 0 amide bonds. The number of nitrogens with zero attached hydrogens (tertiary/aromatic N) is 1.